The molecule has 2 aliphatic rings. The van der Waals surface area contributed by atoms with E-state index in [-0.39, 0.29) is 0 Å². The molecule has 4 atom stereocenters. The average molecular weight is 209 g/mol. The lowest BCUT2D eigenvalue weighted by Crippen LogP contribution is -2.40. The van der Waals surface area contributed by atoms with Gasteiger partial charge < -0.3 is 5.32 Å². The summed E-state index contributed by atoms with van der Waals surface area (Å²) in [7, 11) is 0. The second-order valence-corrected chi connectivity index (χ2v) is 6.80. The summed E-state index contributed by atoms with van der Waals surface area (Å²) in [5.74, 6) is 2.77. The molecule has 1 N–H and O–H groups in total. The third kappa shape index (κ3) is 2.75. The smallest absolute Gasteiger partial charge is 0.00953 e. The standard InChI is InChI=1S/C14H27N/c1-10-5-6-11(2)13(7-10)15-9-12-8-14(12,3)4/h10-13,15H,5-9H2,1-4H3. The fourth-order valence-corrected chi connectivity index (χ4v) is 3.03. The predicted octanol–water partition coefficient (Wildman–Crippen LogP) is 3.45. The van der Waals surface area contributed by atoms with Crippen LogP contribution in [0.3, 0.4) is 0 Å². The first-order valence-corrected chi connectivity index (χ1v) is 6.72. The van der Waals surface area contributed by atoms with Crippen LogP contribution in [0, 0.1) is 23.2 Å². The van der Waals surface area contributed by atoms with Crippen LogP contribution in [0.2, 0.25) is 0 Å². The van der Waals surface area contributed by atoms with Gasteiger partial charge in [-0.3, -0.25) is 0 Å². The summed E-state index contributed by atoms with van der Waals surface area (Å²) in [6.45, 7) is 10.9. The van der Waals surface area contributed by atoms with Gasteiger partial charge in [-0.2, -0.15) is 0 Å². The quantitative estimate of drug-likeness (QED) is 0.750. The predicted molar refractivity (Wildman–Crippen MR) is 65.9 cm³/mol. The van der Waals surface area contributed by atoms with Crippen molar-refractivity contribution in [1.82, 2.24) is 5.32 Å². The summed E-state index contributed by atoms with van der Waals surface area (Å²) in [6, 6.07) is 0.796. The maximum absolute atomic E-state index is 3.82. The van der Waals surface area contributed by atoms with Crippen LogP contribution in [0.5, 0.6) is 0 Å². The van der Waals surface area contributed by atoms with Crippen molar-refractivity contribution in [2.45, 2.75) is 59.4 Å². The Balaban J connectivity index is 1.74. The number of nitrogens with one attached hydrogen (secondary N) is 1. The second-order valence-electron chi connectivity index (χ2n) is 6.80. The zero-order valence-electron chi connectivity index (χ0n) is 10.8. The molecule has 1 nitrogen and oxygen atoms in total. The molecule has 0 saturated heterocycles. The zero-order valence-corrected chi connectivity index (χ0v) is 10.8. The Kier molecular flexibility index (Phi) is 3.12. The summed E-state index contributed by atoms with van der Waals surface area (Å²) >= 11 is 0. The first-order valence-electron chi connectivity index (χ1n) is 6.72. The molecule has 2 fully saturated rings. The molecular weight excluding hydrogens is 182 g/mol. The Labute approximate surface area is 95.0 Å². The monoisotopic (exact) mass is 209 g/mol. The molecule has 88 valence electrons. The Morgan fingerprint density at radius 1 is 1.20 bits per heavy atom. The first-order chi connectivity index (χ1) is 6.99. The van der Waals surface area contributed by atoms with E-state index in [4.69, 9.17) is 0 Å². The van der Waals surface area contributed by atoms with Gasteiger partial charge in [0.1, 0.15) is 0 Å². The van der Waals surface area contributed by atoms with E-state index in [1.807, 2.05) is 0 Å². The van der Waals surface area contributed by atoms with Crippen molar-refractivity contribution in [3.05, 3.63) is 0 Å². The van der Waals surface area contributed by atoms with Crippen LogP contribution in [0.15, 0.2) is 0 Å². The summed E-state index contributed by atoms with van der Waals surface area (Å²) in [6.07, 6.45) is 5.69. The van der Waals surface area contributed by atoms with Gasteiger partial charge in [0.05, 0.1) is 0 Å². The van der Waals surface area contributed by atoms with Crippen molar-refractivity contribution in [2.75, 3.05) is 6.54 Å². The van der Waals surface area contributed by atoms with Crippen LogP contribution in [-0.2, 0) is 0 Å². The Hall–Kier alpha value is -0.0400. The SMILES string of the molecule is CC1CCC(C)C(NCC2CC2(C)C)C1. The fourth-order valence-electron chi connectivity index (χ4n) is 3.03. The molecule has 0 heterocycles. The van der Waals surface area contributed by atoms with Gasteiger partial charge in [-0.15, -0.1) is 0 Å². The highest BCUT2D eigenvalue weighted by Crippen LogP contribution is 2.51. The highest BCUT2D eigenvalue weighted by molar-refractivity contribution is 4.97. The summed E-state index contributed by atoms with van der Waals surface area (Å²) < 4.78 is 0. The van der Waals surface area contributed by atoms with Crippen LogP contribution in [-0.4, -0.2) is 12.6 Å². The van der Waals surface area contributed by atoms with Gasteiger partial charge >= 0.3 is 0 Å². The lowest BCUT2D eigenvalue weighted by molar-refractivity contribution is 0.225. The van der Waals surface area contributed by atoms with E-state index in [9.17, 15) is 0 Å². The van der Waals surface area contributed by atoms with Crippen LogP contribution in [0.25, 0.3) is 0 Å². The van der Waals surface area contributed by atoms with E-state index in [1.165, 1.54) is 32.2 Å². The van der Waals surface area contributed by atoms with E-state index in [2.05, 4.69) is 33.0 Å². The van der Waals surface area contributed by atoms with Crippen molar-refractivity contribution in [1.29, 1.82) is 0 Å². The normalized spacial score (nSPS) is 44.0. The largest absolute Gasteiger partial charge is 0.313 e. The molecule has 0 aromatic carbocycles. The third-order valence-corrected chi connectivity index (χ3v) is 4.80. The Morgan fingerprint density at radius 3 is 2.47 bits per heavy atom. The van der Waals surface area contributed by atoms with Crippen molar-refractivity contribution in [3.63, 3.8) is 0 Å². The number of rotatable bonds is 3. The van der Waals surface area contributed by atoms with Crippen LogP contribution < -0.4 is 5.32 Å². The van der Waals surface area contributed by atoms with Gasteiger partial charge in [0.25, 0.3) is 0 Å². The maximum Gasteiger partial charge on any atom is 0.00953 e. The maximum atomic E-state index is 3.82. The van der Waals surface area contributed by atoms with E-state index in [0.29, 0.717) is 5.41 Å². The molecule has 0 aromatic heterocycles. The molecule has 0 amide bonds. The van der Waals surface area contributed by atoms with E-state index < -0.39 is 0 Å². The second kappa shape index (κ2) is 4.08. The van der Waals surface area contributed by atoms with E-state index >= 15 is 0 Å². The van der Waals surface area contributed by atoms with Crippen LogP contribution in [0.4, 0.5) is 0 Å². The molecule has 2 saturated carbocycles. The fraction of sp³-hybridized carbons (Fsp3) is 1.00. The molecule has 0 radical (unpaired) electrons. The van der Waals surface area contributed by atoms with Crippen molar-refractivity contribution in [2.24, 2.45) is 23.2 Å². The molecule has 0 spiro atoms. The van der Waals surface area contributed by atoms with Gasteiger partial charge in [0.15, 0.2) is 0 Å². The number of hydrogen-bond acceptors (Lipinski definition) is 1. The first kappa shape index (κ1) is 11.4. The minimum atomic E-state index is 0.635. The number of hydrogen-bond donors (Lipinski definition) is 1. The minimum absolute atomic E-state index is 0.635. The Morgan fingerprint density at radius 2 is 1.87 bits per heavy atom. The summed E-state index contributed by atoms with van der Waals surface area (Å²) in [5, 5.41) is 3.82. The molecular formula is C14H27N. The Bertz CT molecular complexity index is 221. The molecule has 15 heavy (non-hydrogen) atoms. The van der Waals surface area contributed by atoms with E-state index in [0.717, 1.165) is 23.8 Å². The molecule has 0 bridgehead atoms. The van der Waals surface area contributed by atoms with E-state index in [1.54, 1.807) is 0 Å². The average Bonchev–Trinajstić information content (AvgIpc) is 2.76. The molecule has 0 aromatic rings. The lowest BCUT2D eigenvalue weighted by Gasteiger charge is -2.33. The molecule has 4 unspecified atom stereocenters. The molecule has 2 aliphatic carbocycles. The highest BCUT2D eigenvalue weighted by Gasteiger charge is 2.45. The lowest BCUT2D eigenvalue weighted by atomic mass is 9.80. The van der Waals surface area contributed by atoms with Gasteiger partial charge in [0.2, 0.25) is 0 Å². The van der Waals surface area contributed by atoms with Crippen molar-refractivity contribution >= 4 is 0 Å². The summed E-state index contributed by atoms with van der Waals surface area (Å²) in [5.41, 5.74) is 0.635. The van der Waals surface area contributed by atoms with Gasteiger partial charge in [-0.1, -0.05) is 34.1 Å². The zero-order chi connectivity index (χ0) is 11.1. The topological polar surface area (TPSA) is 12.0 Å². The molecule has 1 heteroatoms. The summed E-state index contributed by atoms with van der Waals surface area (Å²) in [4.78, 5) is 0. The highest BCUT2D eigenvalue weighted by atomic mass is 14.9. The van der Waals surface area contributed by atoms with Crippen LogP contribution in [0.1, 0.15) is 53.4 Å². The van der Waals surface area contributed by atoms with Crippen LogP contribution >= 0.6 is 0 Å². The third-order valence-electron chi connectivity index (χ3n) is 4.80. The van der Waals surface area contributed by atoms with Gasteiger partial charge in [-0.25, -0.2) is 0 Å². The minimum Gasteiger partial charge on any atom is -0.313 e. The molecule has 2 rings (SSSR count). The van der Waals surface area contributed by atoms with Crippen molar-refractivity contribution in [3.8, 4) is 0 Å². The van der Waals surface area contributed by atoms with Crippen molar-refractivity contribution < 1.29 is 0 Å². The van der Waals surface area contributed by atoms with Gasteiger partial charge in [-0.05, 0) is 49.0 Å². The molecule has 0 aliphatic heterocycles. The van der Waals surface area contributed by atoms with Gasteiger partial charge in [0, 0.05) is 6.04 Å².